The van der Waals surface area contributed by atoms with E-state index in [1.165, 1.54) is 17.5 Å². The molecule has 0 aliphatic heterocycles. The van der Waals surface area contributed by atoms with Crippen LogP contribution in [0.4, 0.5) is 18.9 Å². The van der Waals surface area contributed by atoms with E-state index in [0.717, 1.165) is 15.4 Å². The van der Waals surface area contributed by atoms with Crippen molar-refractivity contribution >= 4 is 27.2 Å². The summed E-state index contributed by atoms with van der Waals surface area (Å²) in [6, 6.07) is 4.29. The molecule has 0 saturated carbocycles. The number of nitrogens with zero attached hydrogens (tertiary/aromatic N) is 3. The van der Waals surface area contributed by atoms with Crippen molar-refractivity contribution in [2.45, 2.75) is 6.18 Å². The second-order valence-electron chi connectivity index (χ2n) is 3.84. The van der Waals surface area contributed by atoms with Crippen LogP contribution in [0.3, 0.4) is 0 Å². The summed E-state index contributed by atoms with van der Waals surface area (Å²) in [6.07, 6.45) is -3.24. The second kappa shape index (κ2) is 3.95. The molecule has 2 aromatic heterocycles. The van der Waals surface area contributed by atoms with Crippen LogP contribution in [0.1, 0.15) is 5.69 Å². The highest BCUT2D eigenvalue weighted by molar-refractivity contribution is 7.16. The van der Waals surface area contributed by atoms with E-state index in [-0.39, 0.29) is 0 Å². The van der Waals surface area contributed by atoms with Gasteiger partial charge in [0.1, 0.15) is 5.52 Å². The molecule has 0 unspecified atom stereocenters. The van der Waals surface area contributed by atoms with Crippen LogP contribution in [-0.4, -0.2) is 14.8 Å². The Morgan fingerprint density at radius 2 is 2.00 bits per heavy atom. The molecule has 2 heterocycles. The number of nitrogens with two attached hydrogens (primary N) is 1. The van der Waals surface area contributed by atoms with Crippen LogP contribution in [0.2, 0.25) is 0 Å². The average molecular weight is 284 g/mol. The minimum Gasteiger partial charge on any atom is -0.395 e. The van der Waals surface area contributed by atoms with Crippen molar-refractivity contribution in [2.24, 2.45) is 0 Å². The van der Waals surface area contributed by atoms with E-state index in [0.29, 0.717) is 16.9 Å². The summed E-state index contributed by atoms with van der Waals surface area (Å²) in [7, 11) is 0. The Balaban J connectivity index is 2.14. The van der Waals surface area contributed by atoms with Crippen LogP contribution in [0, 0.1) is 0 Å². The third-order valence-corrected chi connectivity index (χ3v) is 3.44. The number of halogens is 3. The third-order valence-electron chi connectivity index (χ3n) is 2.64. The van der Waals surface area contributed by atoms with E-state index in [1.54, 1.807) is 17.6 Å². The molecular formula is C11H7F3N4S. The molecule has 1 aromatic carbocycles. The highest BCUT2D eigenvalue weighted by atomic mass is 32.1. The minimum absolute atomic E-state index is 0.315. The van der Waals surface area contributed by atoms with E-state index < -0.39 is 11.9 Å². The SMILES string of the molecule is Nc1c(-n2ccc(C(F)(F)F)n2)ccc2scnc12. The number of alkyl halides is 3. The number of nitrogen functional groups attached to an aromatic ring is 1. The van der Waals surface area contributed by atoms with Crippen molar-refractivity contribution in [3.63, 3.8) is 0 Å². The zero-order chi connectivity index (χ0) is 13.6. The van der Waals surface area contributed by atoms with Gasteiger partial charge in [0.05, 0.1) is 21.6 Å². The van der Waals surface area contributed by atoms with Crippen molar-refractivity contribution < 1.29 is 13.2 Å². The molecule has 0 radical (unpaired) electrons. The second-order valence-corrected chi connectivity index (χ2v) is 4.73. The van der Waals surface area contributed by atoms with Gasteiger partial charge >= 0.3 is 6.18 Å². The number of hydrogen-bond donors (Lipinski definition) is 1. The molecule has 3 aromatic rings. The number of rotatable bonds is 1. The van der Waals surface area contributed by atoms with Gasteiger partial charge in [-0.25, -0.2) is 9.67 Å². The zero-order valence-corrected chi connectivity index (χ0v) is 10.2. The summed E-state index contributed by atoms with van der Waals surface area (Å²) < 4.78 is 39.5. The largest absolute Gasteiger partial charge is 0.435 e. The molecular weight excluding hydrogens is 277 g/mol. The summed E-state index contributed by atoms with van der Waals surface area (Å²) in [5, 5.41) is 3.49. The van der Waals surface area contributed by atoms with E-state index in [2.05, 4.69) is 10.1 Å². The summed E-state index contributed by atoms with van der Waals surface area (Å²) in [6.45, 7) is 0. The van der Waals surface area contributed by atoms with Crippen molar-refractivity contribution in [1.29, 1.82) is 0 Å². The van der Waals surface area contributed by atoms with Gasteiger partial charge in [0.2, 0.25) is 0 Å². The van der Waals surface area contributed by atoms with Crippen LogP contribution in [0.15, 0.2) is 29.9 Å². The summed E-state index contributed by atoms with van der Waals surface area (Å²) in [5.41, 5.74) is 7.87. The topological polar surface area (TPSA) is 56.7 Å². The molecule has 4 nitrogen and oxygen atoms in total. The predicted molar refractivity (Wildman–Crippen MR) is 66.2 cm³/mol. The molecule has 0 spiro atoms. The maximum Gasteiger partial charge on any atom is 0.435 e. The maximum absolute atomic E-state index is 12.5. The number of aromatic nitrogens is 3. The van der Waals surface area contributed by atoms with Crippen LogP contribution in [0.25, 0.3) is 15.9 Å². The fourth-order valence-electron chi connectivity index (χ4n) is 1.75. The van der Waals surface area contributed by atoms with Gasteiger partial charge in [-0.1, -0.05) is 0 Å². The lowest BCUT2D eigenvalue weighted by Crippen LogP contribution is -2.08. The van der Waals surface area contributed by atoms with Crippen molar-refractivity contribution in [3.05, 3.63) is 35.6 Å². The Morgan fingerprint density at radius 1 is 1.21 bits per heavy atom. The molecule has 98 valence electrons. The smallest absolute Gasteiger partial charge is 0.395 e. The number of fused-ring (bicyclic) bond motifs is 1. The highest BCUT2D eigenvalue weighted by Crippen LogP contribution is 2.31. The van der Waals surface area contributed by atoms with E-state index >= 15 is 0 Å². The molecule has 8 heteroatoms. The van der Waals surface area contributed by atoms with Gasteiger partial charge in [-0.3, -0.25) is 0 Å². The van der Waals surface area contributed by atoms with Crippen molar-refractivity contribution in [1.82, 2.24) is 14.8 Å². The van der Waals surface area contributed by atoms with Gasteiger partial charge in [-0.05, 0) is 18.2 Å². The van der Waals surface area contributed by atoms with Gasteiger partial charge < -0.3 is 5.73 Å². The molecule has 0 aliphatic rings. The molecule has 0 saturated heterocycles. The Labute approximate surface area is 109 Å². The van der Waals surface area contributed by atoms with Crippen molar-refractivity contribution in [2.75, 3.05) is 5.73 Å². The van der Waals surface area contributed by atoms with E-state index in [4.69, 9.17) is 5.73 Å². The van der Waals surface area contributed by atoms with E-state index in [9.17, 15) is 13.2 Å². The fraction of sp³-hybridized carbons (Fsp3) is 0.0909. The average Bonchev–Trinajstić information content (AvgIpc) is 2.96. The normalized spacial score (nSPS) is 12.2. The first kappa shape index (κ1) is 12.0. The lowest BCUT2D eigenvalue weighted by atomic mass is 10.2. The van der Waals surface area contributed by atoms with Crippen LogP contribution in [0.5, 0.6) is 0 Å². The van der Waals surface area contributed by atoms with Gasteiger partial charge in [0.15, 0.2) is 5.69 Å². The monoisotopic (exact) mass is 284 g/mol. The molecule has 0 aliphatic carbocycles. The standard InChI is InChI=1S/C11H7F3N4S/c12-11(13,14)8-3-4-18(17-8)6-1-2-7-10(9(6)15)16-5-19-7/h1-5H,15H2. The van der Waals surface area contributed by atoms with Gasteiger partial charge in [0.25, 0.3) is 0 Å². The quantitative estimate of drug-likeness (QED) is 0.699. The lowest BCUT2D eigenvalue weighted by Gasteiger charge is -2.06. The molecule has 0 bridgehead atoms. The van der Waals surface area contributed by atoms with Crippen LogP contribution >= 0.6 is 11.3 Å². The Hall–Kier alpha value is -2.09. The van der Waals surface area contributed by atoms with E-state index in [1.807, 2.05) is 0 Å². The Kier molecular flexibility index (Phi) is 2.49. The third kappa shape index (κ3) is 1.93. The molecule has 0 atom stereocenters. The molecule has 19 heavy (non-hydrogen) atoms. The minimum atomic E-state index is -4.47. The summed E-state index contributed by atoms with van der Waals surface area (Å²) >= 11 is 1.41. The van der Waals surface area contributed by atoms with Gasteiger partial charge in [-0.15, -0.1) is 11.3 Å². The molecule has 0 amide bonds. The number of thiazole rings is 1. The number of benzene rings is 1. The first-order valence-corrected chi connectivity index (χ1v) is 6.10. The molecule has 2 N–H and O–H groups in total. The molecule has 0 fully saturated rings. The fourth-order valence-corrected chi connectivity index (χ4v) is 2.44. The van der Waals surface area contributed by atoms with Crippen LogP contribution < -0.4 is 5.73 Å². The van der Waals surface area contributed by atoms with Crippen LogP contribution in [-0.2, 0) is 6.18 Å². The van der Waals surface area contributed by atoms with Gasteiger partial charge in [-0.2, -0.15) is 18.3 Å². The molecule has 3 rings (SSSR count). The lowest BCUT2D eigenvalue weighted by molar-refractivity contribution is -0.141. The number of anilines is 1. The number of hydrogen-bond acceptors (Lipinski definition) is 4. The zero-order valence-electron chi connectivity index (χ0n) is 9.35. The summed E-state index contributed by atoms with van der Waals surface area (Å²) in [4.78, 5) is 4.09. The first-order chi connectivity index (χ1) is 8.97. The Bertz CT molecular complexity index is 744. The first-order valence-electron chi connectivity index (χ1n) is 5.22. The summed E-state index contributed by atoms with van der Waals surface area (Å²) in [5.74, 6) is 0. The van der Waals surface area contributed by atoms with Crippen molar-refractivity contribution in [3.8, 4) is 5.69 Å². The Morgan fingerprint density at radius 3 is 2.68 bits per heavy atom. The van der Waals surface area contributed by atoms with Gasteiger partial charge in [0, 0.05) is 6.20 Å². The maximum atomic E-state index is 12.5. The predicted octanol–water partition coefficient (Wildman–Crippen LogP) is 3.08. The highest BCUT2D eigenvalue weighted by Gasteiger charge is 2.33.